The van der Waals surface area contributed by atoms with E-state index in [9.17, 15) is 18.3 Å². The third kappa shape index (κ3) is 2.57. The predicted molar refractivity (Wildman–Crippen MR) is 78.2 cm³/mol. The monoisotopic (exact) mass is 315 g/mol. The van der Waals surface area contributed by atoms with Crippen molar-refractivity contribution < 1.29 is 18.3 Å². The summed E-state index contributed by atoms with van der Waals surface area (Å²) in [6.07, 6.45) is 0. The topological polar surface area (TPSA) is 74.7 Å². The highest BCUT2D eigenvalue weighted by Crippen LogP contribution is 2.42. The zero-order chi connectivity index (χ0) is 15.1. The standard InChI is InChI=1S/C13H17NO4S2/c1-9-4-6-10(7-5-9)20(17,18)14-8-19-13(2,3)11(14)12(15)16/h4-7,11H,8H2,1-3H3,(H,15,16). The lowest BCUT2D eigenvalue weighted by Gasteiger charge is -2.27. The van der Waals surface area contributed by atoms with Crippen LogP contribution in [0.15, 0.2) is 29.2 Å². The molecule has 110 valence electrons. The number of carboxylic acids is 1. The van der Waals surface area contributed by atoms with Crippen molar-refractivity contribution >= 4 is 27.8 Å². The van der Waals surface area contributed by atoms with Gasteiger partial charge < -0.3 is 5.11 Å². The van der Waals surface area contributed by atoms with E-state index in [1.54, 1.807) is 26.0 Å². The minimum absolute atomic E-state index is 0.132. The van der Waals surface area contributed by atoms with Crippen LogP contribution >= 0.6 is 11.8 Å². The third-order valence-corrected chi connectivity index (χ3v) is 6.74. The Labute approximate surface area is 123 Å². The summed E-state index contributed by atoms with van der Waals surface area (Å²) < 4.78 is 25.6. The van der Waals surface area contributed by atoms with E-state index in [0.717, 1.165) is 9.87 Å². The van der Waals surface area contributed by atoms with Gasteiger partial charge >= 0.3 is 5.97 Å². The zero-order valence-corrected chi connectivity index (χ0v) is 13.2. The van der Waals surface area contributed by atoms with E-state index in [2.05, 4.69) is 0 Å². The first kappa shape index (κ1) is 15.3. The van der Waals surface area contributed by atoms with Crippen molar-refractivity contribution in [3.05, 3.63) is 29.8 Å². The molecule has 0 aromatic heterocycles. The molecule has 0 amide bonds. The van der Waals surface area contributed by atoms with Crippen LogP contribution in [0.5, 0.6) is 0 Å². The number of thioether (sulfide) groups is 1. The lowest BCUT2D eigenvalue weighted by Crippen LogP contribution is -2.48. The minimum Gasteiger partial charge on any atom is -0.480 e. The molecule has 1 saturated heterocycles. The van der Waals surface area contributed by atoms with Crippen molar-refractivity contribution in [2.45, 2.75) is 36.5 Å². The van der Waals surface area contributed by atoms with E-state index in [1.165, 1.54) is 23.9 Å². The second-order valence-electron chi connectivity index (χ2n) is 5.32. The predicted octanol–water partition coefficient (Wildman–Crippen LogP) is 1.92. The van der Waals surface area contributed by atoms with Crippen LogP contribution in [0.1, 0.15) is 19.4 Å². The van der Waals surface area contributed by atoms with Crippen LogP contribution in [-0.2, 0) is 14.8 Å². The van der Waals surface area contributed by atoms with Gasteiger partial charge in [-0.05, 0) is 32.9 Å². The molecule has 7 heteroatoms. The second-order valence-corrected chi connectivity index (χ2v) is 8.81. The van der Waals surface area contributed by atoms with Crippen LogP contribution in [0.25, 0.3) is 0 Å². The molecule has 1 fully saturated rings. The van der Waals surface area contributed by atoms with Crippen molar-refractivity contribution in [2.75, 3.05) is 5.88 Å². The molecule has 2 rings (SSSR count). The fraction of sp³-hybridized carbons (Fsp3) is 0.462. The van der Waals surface area contributed by atoms with Crippen molar-refractivity contribution in [1.82, 2.24) is 4.31 Å². The molecular weight excluding hydrogens is 298 g/mol. The first-order valence-corrected chi connectivity index (χ1v) is 8.54. The Morgan fingerprint density at radius 2 is 1.90 bits per heavy atom. The quantitative estimate of drug-likeness (QED) is 0.922. The van der Waals surface area contributed by atoms with Gasteiger partial charge in [0.2, 0.25) is 10.0 Å². The number of carboxylic acid groups (broad SMARTS) is 1. The van der Waals surface area contributed by atoms with Gasteiger partial charge in [-0.25, -0.2) is 8.42 Å². The molecule has 5 nitrogen and oxygen atoms in total. The molecule has 0 aliphatic carbocycles. The SMILES string of the molecule is Cc1ccc(S(=O)(=O)N2CSC(C)(C)C2C(=O)O)cc1. The molecular formula is C13H17NO4S2. The molecule has 1 N–H and O–H groups in total. The van der Waals surface area contributed by atoms with Gasteiger partial charge in [-0.15, -0.1) is 11.8 Å². The Bertz CT molecular complexity index is 622. The number of hydrogen-bond acceptors (Lipinski definition) is 4. The second kappa shape index (κ2) is 5.05. The van der Waals surface area contributed by atoms with Gasteiger partial charge in [0.25, 0.3) is 0 Å². The fourth-order valence-corrected chi connectivity index (χ4v) is 5.36. The highest BCUT2D eigenvalue weighted by Gasteiger charge is 2.51. The number of aliphatic carboxylic acids is 1. The van der Waals surface area contributed by atoms with E-state index in [4.69, 9.17) is 0 Å². The molecule has 1 aromatic rings. The van der Waals surface area contributed by atoms with Crippen molar-refractivity contribution in [3.8, 4) is 0 Å². The number of aryl methyl sites for hydroxylation is 1. The van der Waals surface area contributed by atoms with E-state index in [0.29, 0.717) is 0 Å². The average Bonchev–Trinajstić information content (AvgIpc) is 2.66. The first-order valence-electron chi connectivity index (χ1n) is 6.11. The largest absolute Gasteiger partial charge is 0.480 e. The molecule has 0 spiro atoms. The summed E-state index contributed by atoms with van der Waals surface area (Å²) in [5.74, 6) is -0.962. The Balaban J connectivity index is 2.44. The molecule has 20 heavy (non-hydrogen) atoms. The van der Waals surface area contributed by atoms with Crippen molar-refractivity contribution in [1.29, 1.82) is 0 Å². The Morgan fingerprint density at radius 1 is 1.35 bits per heavy atom. The van der Waals surface area contributed by atoms with Gasteiger partial charge in [0.15, 0.2) is 0 Å². The molecule has 0 radical (unpaired) electrons. The molecule has 1 aromatic carbocycles. The molecule has 1 unspecified atom stereocenters. The summed E-state index contributed by atoms with van der Waals surface area (Å²) >= 11 is 1.33. The Hall–Kier alpha value is -1.05. The summed E-state index contributed by atoms with van der Waals surface area (Å²) in [6, 6.07) is 5.38. The van der Waals surface area contributed by atoms with E-state index in [-0.39, 0.29) is 10.8 Å². The lowest BCUT2D eigenvalue weighted by atomic mass is 10.0. The van der Waals surface area contributed by atoms with Gasteiger partial charge in [-0.2, -0.15) is 4.31 Å². The number of hydrogen-bond donors (Lipinski definition) is 1. The molecule has 0 saturated carbocycles. The number of rotatable bonds is 3. The number of benzene rings is 1. The molecule has 1 atom stereocenters. The maximum absolute atomic E-state index is 12.6. The lowest BCUT2D eigenvalue weighted by molar-refractivity contribution is -0.141. The van der Waals surface area contributed by atoms with Gasteiger partial charge in [-0.3, -0.25) is 4.79 Å². The molecule has 1 aliphatic rings. The summed E-state index contributed by atoms with van der Waals surface area (Å²) in [5, 5.41) is 9.35. The first-order chi connectivity index (χ1) is 9.16. The van der Waals surface area contributed by atoms with Crippen LogP contribution in [0.2, 0.25) is 0 Å². The maximum Gasteiger partial charge on any atom is 0.323 e. The van der Waals surface area contributed by atoms with Gasteiger partial charge in [-0.1, -0.05) is 17.7 Å². The highest BCUT2D eigenvalue weighted by atomic mass is 32.2. The van der Waals surface area contributed by atoms with E-state index in [1.807, 2.05) is 6.92 Å². The van der Waals surface area contributed by atoms with Gasteiger partial charge in [0.1, 0.15) is 6.04 Å². The Kier molecular flexibility index (Phi) is 3.88. The normalized spacial score (nSPS) is 22.9. The Morgan fingerprint density at radius 3 is 2.40 bits per heavy atom. The number of nitrogens with zero attached hydrogens (tertiary/aromatic N) is 1. The number of sulfonamides is 1. The van der Waals surface area contributed by atoms with Crippen molar-refractivity contribution in [3.63, 3.8) is 0 Å². The third-order valence-electron chi connectivity index (χ3n) is 3.37. The minimum atomic E-state index is -3.79. The molecule has 1 heterocycles. The van der Waals surface area contributed by atoms with Crippen LogP contribution in [0.3, 0.4) is 0 Å². The summed E-state index contributed by atoms with van der Waals surface area (Å²) in [6.45, 7) is 5.37. The van der Waals surface area contributed by atoms with Crippen LogP contribution in [0, 0.1) is 6.92 Å². The van der Waals surface area contributed by atoms with Crippen LogP contribution in [-0.4, -0.2) is 40.5 Å². The van der Waals surface area contributed by atoms with Gasteiger partial charge in [0.05, 0.1) is 10.8 Å². The average molecular weight is 315 g/mol. The number of carbonyl (C=O) groups is 1. The summed E-state index contributed by atoms with van der Waals surface area (Å²) in [7, 11) is -3.79. The van der Waals surface area contributed by atoms with E-state index >= 15 is 0 Å². The van der Waals surface area contributed by atoms with Crippen LogP contribution in [0.4, 0.5) is 0 Å². The maximum atomic E-state index is 12.6. The summed E-state index contributed by atoms with van der Waals surface area (Å²) in [4.78, 5) is 11.6. The van der Waals surface area contributed by atoms with Crippen LogP contribution < -0.4 is 0 Å². The summed E-state index contributed by atoms with van der Waals surface area (Å²) in [5.41, 5.74) is 0.954. The van der Waals surface area contributed by atoms with Crippen molar-refractivity contribution in [2.24, 2.45) is 0 Å². The zero-order valence-electron chi connectivity index (χ0n) is 11.5. The van der Waals surface area contributed by atoms with Gasteiger partial charge in [0, 0.05) is 4.75 Å². The smallest absolute Gasteiger partial charge is 0.323 e. The molecule has 0 bridgehead atoms. The molecule has 1 aliphatic heterocycles. The van der Waals surface area contributed by atoms with E-state index < -0.39 is 26.8 Å². The fourth-order valence-electron chi connectivity index (χ4n) is 2.20. The highest BCUT2D eigenvalue weighted by molar-refractivity contribution is 8.02.